The highest BCUT2D eigenvalue weighted by Crippen LogP contribution is 2.32. The Labute approximate surface area is 235 Å². The highest BCUT2D eigenvalue weighted by molar-refractivity contribution is 5.81. The molecule has 2 aromatic heterocycles. The molecule has 0 radical (unpaired) electrons. The van der Waals surface area contributed by atoms with E-state index in [0.29, 0.717) is 16.9 Å². The van der Waals surface area contributed by atoms with Gasteiger partial charge in [0.05, 0.1) is 22.3 Å². The van der Waals surface area contributed by atoms with Crippen LogP contribution in [0.1, 0.15) is 28.1 Å². The minimum atomic E-state index is -4.40. The summed E-state index contributed by atoms with van der Waals surface area (Å²) in [6.07, 6.45) is -4.40. The van der Waals surface area contributed by atoms with Crippen molar-refractivity contribution in [2.45, 2.75) is 33.1 Å². The molecule has 0 bridgehead atoms. The summed E-state index contributed by atoms with van der Waals surface area (Å²) in [6.45, 7) is 5.32. The lowest BCUT2D eigenvalue weighted by molar-refractivity contribution is -0.137. The molecule has 0 saturated heterocycles. The van der Waals surface area contributed by atoms with E-state index < -0.39 is 11.7 Å². The Kier molecular flexibility index (Phi) is 6.93. The van der Waals surface area contributed by atoms with Crippen molar-refractivity contribution in [1.29, 1.82) is 0 Å². The fraction of sp³-hybridized carbons (Fsp3) is 0.152. The van der Waals surface area contributed by atoms with Crippen molar-refractivity contribution in [3.05, 3.63) is 119 Å². The number of aromatic nitrogens is 3. The van der Waals surface area contributed by atoms with Crippen LogP contribution in [0.2, 0.25) is 0 Å². The first kappa shape index (κ1) is 26.5. The van der Waals surface area contributed by atoms with E-state index in [2.05, 4.69) is 62.9 Å². The highest BCUT2D eigenvalue weighted by atomic mass is 19.4. The van der Waals surface area contributed by atoms with Crippen molar-refractivity contribution in [2.24, 2.45) is 0 Å². The molecule has 0 atom stereocenters. The van der Waals surface area contributed by atoms with E-state index >= 15 is 0 Å². The fourth-order valence-electron chi connectivity index (χ4n) is 5.07. The van der Waals surface area contributed by atoms with Crippen LogP contribution in [0, 0.1) is 13.8 Å². The average Bonchev–Trinajstić information content (AvgIpc) is 3.55. The number of alkyl halides is 3. The third-order valence-corrected chi connectivity index (χ3v) is 7.14. The van der Waals surface area contributed by atoms with Crippen molar-refractivity contribution < 1.29 is 17.7 Å². The van der Waals surface area contributed by atoms with Gasteiger partial charge in [0.15, 0.2) is 0 Å². The normalized spacial score (nSPS) is 11.8. The summed E-state index contributed by atoms with van der Waals surface area (Å²) in [6, 6.07) is 28.1. The molecule has 4 aromatic carbocycles. The van der Waals surface area contributed by atoms with Gasteiger partial charge >= 0.3 is 6.18 Å². The zero-order chi connectivity index (χ0) is 28.6. The van der Waals surface area contributed by atoms with E-state index in [9.17, 15) is 13.2 Å². The molecule has 0 unspecified atom stereocenters. The van der Waals surface area contributed by atoms with Gasteiger partial charge in [0.2, 0.25) is 0 Å². The molecule has 41 heavy (non-hydrogen) atoms. The SMILES string of the molecule is Cc1noc(C)c1-c1cccc(CNCc2ccc(-c3cccc(-c4nc5ccc(C(F)(F)F)cc5[nH]4)c3)cc2)c1. The number of imidazole rings is 1. The van der Waals surface area contributed by atoms with E-state index in [1.165, 1.54) is 11.6 Å². The topological polar surface area (TPSA) is 66.7 Å². The summed E-state index contributed by atoms with van der Waals surface area (Å²) in [5, 5.41) is 7.58. The Morgan fingerprint density at radius 3 is 2.24 bits per heavy atom. The molecule has 2 N–H and O–H groups in total. The predicted molar refractivity (Wildman–Crippen MR) is 154 cm³/mol. The first-order valence-electron chi connectivity index (χ1n) is 13.2. The van der Waals surface area contributed by atoms with Gasteiger partial charge in [-0.05, 0) is 72.0 Å². The van der Waals surface area contributed by atoms with Gasteiger partial charge in [-0.2, -0.15) is 13.2 Å². The van der Waals surface area contributed by atoms with Crippen LogP contribution < -0.4 is 5.32 Å². The van der Waals surface area contributed by atoms with E-state index in [-0.39, 0.29) is 0 Å². The smallest absolute Gasteiger partial charge is 0.361 e. The molecule has 0 spiro atoms. The van der Waals surface area contributed by atoms with Gasteiger partial charge in [0.25, 0.3) is 0 Å². The Morgan fingerprint density at radius 1 is 0.756 bits per heavy atom. The Bertz CT molecular complexity index is 1810. The second-order valence-corrected chi connectivity index (χ2v) is 10.1. The lowest BCUT2D eigenvalue weighted by Crippen LogP contribution is -2.12. The summed E-state index contributed by atoms with van der Waals surface area (Å²) in [5.74, 6) is 1.34. The van der Waals surface area contributed by atoms with Crippen LogP contribution in [0.4, 0.5) is 13.2 Å². The molecule has 206 valence electrons. The van der Waals surface area contributed by atoms with Crippen molar-refractivity contribution in [3.63, 3.8) is 0 Å². The van der Waals surface area contributed by atoms with Crippen molar-refractivity contribution in [2.75, 3.05) is 0 Å². The summed E-state index contributed by atoms with van der Waals surface area (Å²) >= 11 is 0. The van der Waals surface area contributed by atoms with Crippen molar-refractivity contribution >= 4 is 11.0 Å². The molecule has 6 rings (SSSR count). The maximum Gasteiger partial charge on any atom is 0.416 e. The van der Waals surface area contributed by atoms with Gasteiger partial charge in [-0.25, -0.2) is 4.98 Å². The molecule has 5 nitrogen and oxygen atoms in total. The molecule has 0 saturated carbocycles. The zero-order valence-electron chi connectivity index (χ0n) is 22.5. The Balaban J connectivity index is 1.12. The van der Waals surface area contributed by atoms with Crippen LogP contribution in [0.25, 0.3) is 44.7 Å². The molecule has 0 amide bonds. The quantitative estimate of drug-likeness (QED) is 0.208. The number of nitrogens with zero attached hydrogens (tertiary/aromatic N) is 2. The molecular formula is C33H27F3N4O. The second-order valence-electron chi connectivity index (χ2n) is 10.1. The number of benzene rings is 4. The van der Waals surface area contributed by atoms with Crippen LogP contribution in [-0.2, 0) is 19.3 Å². The van der Waals surface area contributed by atoms with Crippen molar-refractivity contribution in [1.82, 2.24) is 20.4 Å². The van der Waals surface area contributed by atoms with Gasteiger partial charge in [0, 0.05) is 24.2 Å². The average molecular weight is 553 g/mol. The Hall–Kier alpha value is -4.69. The molecule has 0 fully saturated rings. The fourth-order valence-corrected chi connectivity index (χ4v) is 5.07. The van der Waals surface area contributed by atoms with E-state index in [4.69, 9.17) is 4.52 Å². The third-order valence-electron chi connectivity index (χ3n) is 7.14. The summed E-state index contributed by atoms with van der Waals surface area (Å²) in [5.41, 5.74) is 8.34. The molecule has 2 heterocycles. The maximum absolute atomic E-state index is 13.1. The predicted octanol–water partition coefficient (Wildman–Crippen LogP) is 8.48. The number of hydrogen-bond acceptors (Lipinski definition) is 4. The van der Waals surface area contributed by atoms with Crippen molar-refractivity contribution in [3.8, 4) is 33.6 Å². The maximum atomic E-state index is 13.1. The summed E-state index contributed by atoms with van der Waals surface area (Å²) in [7, 11) is 0. The number of hydrogen-bond donors (Lipinski definition) is 2. The number of aromatic amines is 1. The molecule has 0 aliphatic rings. The largest absolute Gasteiger partial charge is 0.416 e. The minimum Gasteiger partial charge on any atom is -0.361 e. The minimum absolute atomic E-state index is 0.354. The van der Waals surface area contributed by atoms with Gasteiger partial charge in [-0.3, -0.25) is 0 Å². The summed E-state index contributed by atoms with van der Waals surface area (Å²) in [4.78, 5) is 7.54. The number of fused-ring (bicyclic) bond motifs is 1. The van der Waals surface area contributed by atoms with E-state index in [1.807, 2.05) is 44.2 Å². The van der Waals surface area contributed by atoms with Crippen LogP contribution in [0.3, 0.4) is 0 Å². The number of H-pyrrole nitrogens is 1. The second kappa shape index (κ2) is 10.7. The molecular weight excluding hydrogens is 525 g/mol. The van der Waals surface area contributed by atoms with E-state index in [1.54, 1.807) is 0 Å². The molecule has 0 aliphatic heterocycles. The zero-order valence-corrected chi connectivity index (χ0v) is 22.5. The van der Waals surface area contributed by atoms with E-state index in [0.717, 1.165) is 70.1 Å². The monoisotopic (exact) mass is 552 g/mol. The first-order valence-corrected chi connectivity index (χ1v) is 13.2. The number of halogens is 3. The van der Waals surface area contributed by atoms with Gasteiger partial charge in [0.1, 0.15) is 11.6 Å². The molecule has 8 heteroatoms. The highest BCUT2D eigenvalue weighted by Gasteiger charge is 2.30. The standard InChI is InChI=1S/C33H27F3N4O/c1-20-31(21(2)41-40-20)26-7-3-5-23(15-26)19-37-18-22-9-11-24(12-10-22)25-6-4-8-27(16-25)32-38-29-14-13-28(33(34,35)36)17-30(29)39-32/h3-17,37H,18-19H2,1-2H3,(H,38,39). The molecule has 6 aromatic rings. The van der Waals surface area contributed by atoms with Crippen LogP contribution >= 0.6 is 0 Å². The number of nitrogens with one attached hydrogen (secondary N) is 2. The first-order chi connectivity index (χ1) is 19.7. The third kappa shape index (κ3) is 5.64. The Morgan fingerprint density at radius 2 is 1.49 bits per heavy atom. The van der Waals surface area contributed by atoms with Gasteiger partial charge in [-0.1, -0.05) is 65.8 Å². The lowest BCUT2D eigenvalue weighted by atomic mass is 10.0. The van der Waals surface area contributed by atoms with Crippen LogP contribution in [0.15, 0.2) is 95.5 Å². The lowest BCUT2D eigenvalue weighted by Gasteiger charge is -2.09. The number of aryl methyl sites for hydroxylation is 2. The van der Waals surface area contributed by atoms with Gasteiger partial charge in [-0.15, -0.1) is 0 Å². The molecule has 0 aliphatic carbocycles. The number of rotatable bonds is 7. The van der Waals surface area contributed by atoms with Crippen LogP contribution in [0.5, 0.6) is 0 Å². The van der Waals surface area contributed by atoms with Gasteiger partial charge < -0.3 is 14.8 Å². The summed E-state index contributed by atoms with van der Waals surface area (Å²) < 4.78 is 44.6. The van der Waals surface area contributed by atoms with Crippen LogP contribution in [-0.4, -0.2) is 15.1 Å².